The van der Waals surface area contributed by atoms with Crippen LogP contribution >= 0.6 is 0 Å². The van der Waals surface area contributed by atoms with Gasteiger partial charge in [-0.15, -0.1) is 0 Å². The molecule has 1 saturated heterocycles. The Morgan fingerprint density at radius 1 is 1.08 bits per heavy atom. The maximum absolute atomic E-state index is 12.7. The Balaban J connectivity index is 2.57. The van der Waals surface area contributed by atoms with Gasteiger partial charge >= 0.3 is 17.9 Å². The third-order valence-corrected chi connectivity index (χ3v) is 4.65. The number of nitrogens with two attached hydrogens (primary N) is 1. The molecule has 2 rings (SSSR count). The fraction of sp³-hybridized carbons (Fsp3) is 0.471. The minimum absolute atomic E-state index is 0.225. The molecular weight excluding hydrogens is 342 g/mol. The number of nitrogens with zero attached hydrogens (tertiary/aromatic N) is 2. The van der Waals surface area contributed by atoms with Crippen molar-refractivity contribution >= 4 is 23.6 Å². The zero-order valence-electron chi connectivity index (χ0n) is 15.2. The summed E-state index contributed by atoms with van der Waals surface area (Å²) in [5, 5.41) is 0. The lowest BCUT2D eigenvalue weighted by molar-refractivity contribution is -0.169. The van der Waals surface area contributed by atoms with Crippen molar-refractivity contribution in [1.82, 2.24) is 4.90 Å². The molecule has 9 nitrogen and oxygen atoms in total. The van der Waals surface area contributed by atoms with Crippen LogP contribution in [0.2, 0.25) is 0 Å². The maximum Gasteiger partial charge on any atom is 0.359 e. The number of hydrogen-bond acceptors (Lipinski definition) is 9. The first kappa shape index (κ1) is 19.7. The van der Waals surface area contributed by atoms with Crippen molar-refractivity contribution in [2.45, 2.75) is 11.7 Å². The Morgan fingerprint density at radius 3 is 2.04 bits per heavy atom. The predicted molar refractivity (Wildman–Crippen MR) is 92.5 cm³/mol. The van der Waals surface area contributed by atoms with Crippen molar-refractivity contribution in [3.63, 3.8) is 0 Å². The minimum atomic E-state index is -1.81. The number of rotatable bonds is 5. The van der Waals surface area contributed by atoms with Gasteiger partial charge in [-0.3, -0.25) is 4.90 Å². The monoisotopic (exact) mass is 365 g/mol. The van der Waals surface area contributed by atoms with Gasteiger partial charge in [0, 0.05) is 24.8 Å². The van der Waals surface area contributed by atoms with E-state index in [1.54, 1.807) is 41.1 Å². The number of likely N-dealkylation sites (N-methyl/N-ethyl adjacent to an activating group) is 1. The predicted octanol–water partition coefficient (Wildman–Crippen LogP) is -0.405. The number of ether oxygens (including phenoxy) is 3. The van der Waals surface area contributed by atoms with Gasteiger partial charge < -0.3 is 24.8 Å². The second-order valence-electron chi connectivity index (χ2n) is 5.80. The molecule has 0 bridgehead atoms. The van der Waals surface area contributed by atoms with Gasteiger partial charge in [0.15, 0.2) is 0 Å². The summed E-state index contributed by atoms with van der Waals surface area (Å²) >= 11 is 0. The first-order valence-corrected chi connectivity index (χ1v) is 7.94. The van der Waals surface area contributed by atoms with Crippen LogP contribution in [0.15, 0.2) is 24.3 Å². The van der Waals surface area contributed by atoms with Gasteiger partial charge in [-0.2, -0.15) is 0 Å². The van der Waals surface area contributed by atoms with Crippen LogP contribution in [0, 0.1) is 0 Å². The minimum Gasteiger partial charge on any atom is -0.466 e. The molecule has 1 heterocycles. The molecule has 142 valence electrons. The third kappa shape index (κ3) is 2.89. The summed E-state index contributed by atoms with van der Waals surface area (Å²) in [4.78, 5) is 40.1. The van der Waals surface area contributed by atoms with Crippen LogP contribution in [0.25, 0.3) is 0 Å². The van der Waals surface area contributed by atoms with Crippen molar-refractivity contribution in [2.75, 3.05) is 46.4 Å². The smallest absolute Gasteiger partial charge is 0.359 e. The molecular formula is C17H23N3O6. The average Bonchev–Trinajstić information content (AvgIpc) is 2.99. The molecule has 1 atom stereocenters. The lowest BCUT2D eigenvalue weighted by Crippen LogP contribution is -2.65. The highest BCUT2D eigenvalue weighted by atomic mass is 16.6. The molecule has 1 aromatic carbocycles. The molecule has 1 aliphatic heterocycles. The van der Waals surface area contributed by atoms with E-state index in [4.69, 9.17) is 15.2 Å². The van der Waals surface area contributed by atoms with Crippen LogP contribution < -0.4 is 10.6 Å². The van der Waals surface area contributed by atoms with Gasteiger partial charge in [0.1, 0.15) is 0 Å². The molecule has 1 aromatic rings. The van der Waals surface area contributed by atoms with Crippen molar-refractivity contribution in [3.8, 4) is 0 Å². The first-order valence-electron chi connectivity index (χ1n) is 7.94. The summed E-state index contributed by atoms with van der Waals surface area (Å²) in [5.74, 6) is -2.04. The topological polar surface area (TPSA) is 111 Å². The summed E-state index contributed by atoms with van der Waals surface area (Å²) in [6, 6.07) is 6.07. The summed E-state index contributed by atoms with van der Waals surface area (Å²) in [5.41, 5.74) is 4.90. The molecule has 0 amide bonds. The maximum atomic E-state index is 12.7. The highest BCUT2D eigenvalue weighted by molar-refractivity contribution is 6.08. The number of benzene rings is 1. The molecule has 1 aliphatic rings. The van der Waals surface area contributed by atoms with Crippen LogP contribution in [-0.2, 0) is 23.8 Å². The van der Waals surface area contributed by atoms with Crippen LogP contribution in [-0.4, -0.2) is 76.0 Å². The van der Waals surface area contributed by atoms with Crippen molar-refractivity contribution in [2.24, 2.45) is 5.73 Å². The third-order valence-electron chi connectivity index (χ3n) is 4.65. The zero-order valence-corrected chi connectivity index (χ0v) is 15.2. The SMILES string of the molecule is COC(=O)c1ccc(N2CC(CN)N(C)C2(C(=O)OC)C(=O)OC)cc1. The lowest BCUT2D eigenvalue weighted by Gasteiger charge is -2.38. The molecule has 0 spiro atoms. The molecule has 1 fully saturated rings. The zero-order chi connectivity index (χ0) is 19.5. The number of methoxy groups -OCH3 is 3. The average molecular weight is 365 g/mol. The van der Waals surface area contributed by atoms with Gasteiger partial charge in [-0.25, -0.2) is 14.4 Å². The molecule has 9 heteroatoms. The summed E-state index contributed by atoms with van der Waals surface area (Å²) in [7, 11) is 5.32. The molecule has 26 heavy (non-hydrogen) atoms. The van der Waals surface area contributed by atoms with E-state index in [2.05, 4.69) is 4.74 Å². The van der Waals surface area contributed by atoms with Crippen LogP contribution in [0.4, 0.5) is 5.69 Å². The Labute approximate surface area is 151 Å². The highest BCUT2D eigenvalue weighted by Gasteiger charge is 2.63. The van der Waals surface area contributed by atoms with Crippen LogP contribution in [0.3, 0.4) is 0 Å². The van der Waals surface area contributed by atoms with Gasteiger partial charge in [0.05, 0.1) is 26.9 Å². The normalized spacial score (nSPS) is 19.1. The van der Waals surface area contributed by atoms with Crippen molar-refractivity contribution < 1.29 is 28.6 Å². The van der Waals surface area contributed by atoms with E-state index in [1.807, 2.05) is 0 Å². The lowest BCUT2D eigenvalue weighted by atomic mass is 10.1. The molecule has 1 unspecified atom stereocenters. The van der Waals surface area contributed by atoms with E-state index < -0.39 is 23.6 Å². The van der Waals surface area contributed by atoms with E-state index in [-0.39, 0.29) is 12.6 Å². The fourth-order valence-corrected chi connectivity index (χ4v) is 3.22. The number of hydrogen-bond donors (Lipinski definition) is 1. The fourth-order valence-electron chi connectivity index (χ4n) is 3.22. The molecule has 0 aromatic heterocycles. The number of carbonyl (C=O) groups excluding carboxylic acids is 3. The first-order chi connectivity index (χ1) is 12.4. The van der Waals surface area contributed by atoms with E-state index >= 15 is 0 Å². The van der Waals surface area contributed by atoms with Crippen molar-refractivity contribution in [3.05, 3.63) is 29.8 Å². The molecule has 0 aliphatic carbocycles. The van der Waals surface area contributed by atoms with E-state index in [1.165, 1.54) is 21.3 Å². The summed E-state index contributed by atoms with van der Waals surface area (Å²) in [6.07, 6.45) is 0. The second-order valence-corrected chi connectivity index (χ2v) is 5.80. The Kier molecular flexibility index (Phi) is 5.83. The highest BCUT2D eigenvalue weighted by Crippen LogP contribution is 2.36. The number of anilines is 1. The van der Waals surface area contributed by atoms with E-state index in [0.717, 1.165) is 0 Å². The Hall–Kier alpha value is -2.65. The van der Waals surface area contributed by atoms with Gasteiger partial charge in [0.2, 0.25) is 0 Å². The van der Waals surface area contributed by atoms with Gasteiger partial charge in [-0.05, 0) is 31.3 Å². The van der Waals surface area contributed by atoms with Crippen LogP contribution in [0.1, 0.15) is 10.4 Å². The van der Waals surface area contributed by atoms with E-state index in [9.17, 15) is 14.4 Å². The van der Waals surface area contributed by atoms with Crippen LogP contribution in [0.5, 0.6) is 0 Å². The number of carbonyl (C=O) groups is 3. The number of esters is 3. The van der Waals surface area contributed by atoms with Gasteiger partial charge in [-0.1, -0.05) is 0 Å². The van der Waals surface area contributed by atoms with Gasteiger partial charge in [0.25, 0.3) is 5.66 Å². The Morgan fingerprint density at radius 2 is 1.62 bits per heavy atom. The largest absolute Gasteiger partial charge is 0.466 e. The summed E-state index contributed by atoms with van der Waals surface area (Å²) in [6.45, 7) is 0.526. The Bertz CT molecular complexity index is 674. The summed E-state index contributed by atoms with van der Waals surface area (Å²) < 4.78 is 14.5. The molecule has 0 saturated carbocycles. The second kappa shape index (κ2) is 7.71. The van der Waals surface area contributed by atoms with E-state index in [0.29, 0.717) is 17.8 Å². The standard InChI is InChI=1S/C17H23N3O6/c1-19-13(9-18)10-20(17(19,15(22)25-3)16(23)26-4)12-7-5-11(6-8-12)14(21)24-2/h5-8,13H,9-10,18H2,1-4H3. The van der Waals surface area contributed by atoms with Crippen molar-refractivity contribution in [1.29, 1.82) is 0 Å². The molecule has 2 N–H and O–H groups in total. The molecule has 0 radical (unpaired) electrons. The quantitative estimate of drug-likeness (QED) is 0.423.